The van der Waals surface area contributed by atoms with Gasteiger partial charge in [0.1, 0.15) is 0 Å². The van der Waals surface area contributed by atoms with Crippen LogP contribution in [0.15, 0.2) is 0 Å². The first-order valence-corrected chi connectivity index (χ1v) is 9.99. The third-order valence-electron chi connectivity index (χ3n) is 4.21. The topological polar surface area (TPSA) is 18.5 Å². The van der Waals surface area contributed by atoms with Crippen LogP contribution < -0.4 is 0 Å². The highest BCUT2D eigenvalue weighted by molar-refractivity contribution is 6.74. The molecule has 0 aliphatic carbocycles. The molecule has 1 heterocycles. The van der Waals surface area contributed by atoms with Crippen LogP contribution in [0.2, 0.25) is 18.1 Å². The van der Waals surface area contributed by atoms with Crippen molar-refractivity contribution in [3.05, 3.63) is 0 Å². The van der Waals surface area contributed by atoms with Crippen molar-refractivity contribution in [1.29, 1.82) is 0 Å². The lowest BCUT2D eigenvalue weighted by molar-refractivity contribution is 0.00797. The van der Waals surface area contributed by atoms with Crippen LogP contribution in [0.3, 0.4) is 0 Å². The van der Waals surface area contributed by atoms with Crippen molar-refractivity contribution in [2.75, 3.05) is 13.2 Å². The van der Waals surface area contributed by atoms with Gasteiger partial charge in [0.05, 0.1) is 6.10 Å². The summed E-state index contributed by atoms with van der Waals surface area (Å²) in [7, 11) is -1.53. The summed E-state index contributed by atoms with van der Waals surface area (Å²) in [6.45, 7) is 13.4. The predicted octanol–water partition coefficient (Wildman–Crippen LogP) is 4.36. The van der Waals surface area contributed by atoms with Crippen molar-refractivity contribution in [2.45, 2.75) is 77.1 Å². The van der Waals surface area contributed by atoms with Gasteiger partial charge in [0, 0.05) is 13.2 Å². The van der Waals surface area contributed by atoms with E-state index in [2.05, 4.69) is 33.9 Å². The predicted molar refractivity (Wildman–Crippen MR) is 76.0 cm³/mol. The first-order valence-electron chi connectivity index (χ1n) is 7.08. The zero-order valence-corrected chi connectivity index (χ0v) is 13.3. The first-order chi connectivity index (χ1) is 7.83. The summed E-state index contributed by atoms with van der Waals surface area (Å²) in [5.74, 6) is 0. The molecule has 1 rings (SSSR count). The van der Waals surface area contributed by atoms with Crippen molar-refractivity contribution in [2.24, 2.45) is 0 Å². The molecule has 1 fully saturated rings. The number of rotatable bonds is 5. The number of ether oxygens (including phenoxy) is 1. The summed E-state index contributed by atoms with van der Waals surface area (Å²) in [5, 5.41) is 0.328. The fraction of sp³-hybridized carbons (Fsp3) is 1.00. The van der Waals surface area contributed by atoms with Crippen molar-refractivity contribution >= 4 is 8.32 Å². The molecular formula is C14H30O2Si. The van der Waals surface area contributed by atoms with Crippen LogP contribution in [0.5, 0.6) is 0 Å². The summed E-state index contributed by atoms with van der Waals surface area (Å²) >= 11 is 0. The lowest BCUT2D eigenvalue weighted by atomic mass is 10.1. The van der Waals surface area contributed by atoms with Gasteiger partial charge in [-0.25, -0.2) is 0 Å². The van der Waals surface area contributed by atoms with Gasteiger partial charge in [0.15, 0.2) is 8.32 Å². The van der Waals surface area contributed by atoms with Crippen LogP contribution in [0.25, 0.3) is 0 Å². The van der Waals surface area contributed by atoms with Gasteiger partial charge in [-0.3, -0.25) is 0 Å². The maximum atomic E-state index is 6.17. The second-order valence-electron chi connectivity index (χ2n) is 6.74. The van der Waals surface area contributed by atoms with Gasteiger partial charge >= 0.3 is 0 Å². The molecular weight excluding hydrogens is 228 g/mol. The van der Waals surface area contributed by atoms with Crippen LogP contribution in [-0.4, -0.2) is 27.6 Å². The van der Waals surface area contributed by atoms with Gasteiger partial charge in [0.2, 0.25) is 0 Å². The number of hydrogen-bond donors (Lipinski definition) is 0. The SMILES string of the molecule is CC(C)(C)[Si](C)(C)OCCCC1CCCCO1. The quantitative estimate of drug-likeness (QED) is 0.539. The first kappa shape index (κ1) is 15.2. The van der Waals surface area contributed by atoms with Crippen LogP contribution in [0.1, 0.15) is 52.9 Å². The Morgan fingerprint density at radius 2 is 1.94 bits per heavy atom. The second-order valence-corrected chi connectivity index (χ2v) is 11.5. The standard InChI is InChI=1S/C14H30O2Si/c1-14(2,3)17(4,5)16-12-8-10-13-9-6-7-11-15-13/h13H,6-12H2,1-5H3. The summed E-state index contributed by atoms with van der Waals surface area (Å²) in [5.41, 5.74) is 0. The molecule has 0 aromatic carbocycles. The molecule has 0 saturated carbocycles. The molecule has 0 spiro atoms. The van der Waals surface area contributed by atoms with E-state index in [1.54, 1.807) is 0 Å². The lowest BCUT2D eigenvalue weighted by Gasteiger charge is -2.36. The van der Waals surface area contributed by atoms with Gasteiger partial charge < -0.3 is 9.16 Å². The van der Waals surface area contributed by atoms with E-state index in [-0.39, 0.29) is 0 Å². The van der Waals surface area contributed by atoms with E-state index in [9.17, 15) is 0 Å². The van der Waals surface area contributed by atoms with Gasteiger partial charge in [0.25, 0.3) is 0 Å². The van der Waals surface area contributed by atoms with E-state index in [1.807, 2.05) is 0 Å². The Morgan fingerprint density at radius 1 is 1.24 bits per heavy atom. The van der Waals surface area contributed by atoms with Gasteiger partial charge in [-0.15, -0.1) is 0 Å². The molecule has 0 amide bonds. The molecule has 0 bridgehead atoms. The third kappa shape index (κ3) is 5.10. The highest BCUT2D eigenvalue weighted by atomic mass is 28.4. The van der Waals surface area contributed by atoms with Crippen molar-refractivity contribution in [3.63, 3.8) is 0 Å². The molecule has 0 radical (unpaired) electrons. The highest BCUT2D eigenvalue weighted by Gasteiger charge is 2.36. The summed E-state index contributed by atoms with van der Waals surface area (Å²) in [6, 6.07) is 0. The Kier molecular flexibility index (Phi) is 5.67. The van der Waals surface area contributed by atoms with E-state index >= 15 is 0 Å². The largest absolute Gasteiger partial charge is 0.417 e. The van der Waals surface area contributed by atoms with Crippen LogP contribution in [0, 0.1) is 0 Å². The molecule has 1 atom stereocenters. The minimum absolute atomic E-state index is 0.328. The monoisotopic (exact) mass is 258 g/mol. The minimum Gasteiger partial charge on any atom is -0.417 e. The molecule has 3 heteroatoms. The van der Waals surface area contributed by atoms with Crippen LogP contribution >= 0.6 is 0 Å². The Bertz CT molecular complexity index is 215. The molecule has 17 heavy (non-hydrogen) atoms. The van der Waals surface area contributed by atoms with E-state index in [0.29, 0.717) is 11.1 Å². The third-order valence-corrected chi connectivity index (χ3v) is 8.75. The summed E-state index contributed by atoms with van der Waals surface area (Å²) in [6.07, 6.45) is 6.67. The fourth-order valence-corrected chi connectivity index (χ4v) is 2.98. The molecule has 1 saturated heterocycles. The molecule has 0 aromatic rings. The normalized spacial score (nSPS) is 22.8. The van der Waals surface area contributed by atoms with Crippen LogP contribution in [-0.2, 0) is 9.16 Å². The fourth-order valence-electron chi connectivity index (χ4n) is 1.89. The maximum Gasteiger partial charge on any atom is 0.191 e. The van der Waals surface area contributed by atoms with Crippen molar-refractivity contribution in [1.82, 2.24) is 0 Å². The second kappa shape index (κ2) is 6.35. The lowest BCUT2D eigenvalue weighted by Crippen LogP contribution is -2.41. The molecule has 1 unspecified atom stereocenters. The smallest absolute Gasteiger partial charge is 0.191 e. The molecule has 0 aromatic heterocycles. The molecule has 1 aliphatic heterocycles. The Hall–Kier alpha value is 0.137. The van der Waals surface area contributed by atoms with E-state index in [4.69, 9.17) is 9.16 Å². The van der Waals surface area contributed by atoms with Crippen molar-refractivity contribution in [3.8, 4) is 0 Å². The summed E-state index contributed by atoms with van der Waals surface area (Å²) in [4.78, 5) is 0. The average Bonchev–Trinajstić information content (AvgIpc) is 2.24. The Labute approximate surface area is 108 Å². The Morgan fingerprint density at radius 3 is 2.47 bits per heavy atom. The van der Waals surface area contributed by atoms with E-state index < -0.39 is 8.32 Å². The molecule has 2 nitrogen and oxygen atoms in total. The molecule has 1 aliphatic rings. The molecule has 102 valence electrons. The van der Waals surface area contributed by atoms with E-state index in [0.717, 1.165) is 19.6 Å². The van der Waals surface area contributed by atoms with Gasteiger partial charge in [-0.2, -0.15) is 0 Å². The van der Waals surface area contributed by atoms with Crippen molar-refractivity contribution < 1.29 is 9.16 Å². The maximum absolute atomic E-state index is 6.17. The zero-order chi connectivity index (χ0) is 12.9. The number of hydrogen-bond acceptors (Lipinski definition) is 2. The summed E-state index contributed by atoms with van der Waals surface area (Å²) < 4.78 is 11.9. The van der Waals surface area contributed by atoms with E-state index in [1.165, 1.54) is 25.7 Å². The molecule has 0 N–H and O–H groups in total. The zero-order valence-electron chi connectivity index (χ0n) is 12.3. The van der Waals surface area contributed by atoms with Gasteiger partial charge in [-0.05, 0) is 50.2 Å². The van der Waals surface area contributed by atoms with Crippen LogP contribution in [0.4, 0.5) is 0 Å². The minimum atomic E-state index is -1.53. The van der Waals surface area contributed by atoms with Gasteiger partial charge in [-0.1, -0.05) is 20.8 Å². The highest BCUT2D eigenvalue weighted by Crippen LogP contribution is 2.36. The Balaban J connectivity index is 2.15. The average molecular weight is 258 g/mol.